The Morgan fingerprint density at radius 3 is 2.67 bits per heavy atom. The van der Waals surface area contributed by atoms with Gasteiger partial charge in [0.1, 0.15) is 0 Å². The van der Waals surface area contributed by atoms with Crippen LogP contribution in [0.25, 0.3) is 12.2 Å². The van der Waals surface area contributed by atoms with Gasteiger partial charge in [-0.3, -0.25) is 9.89 Å². The van der Waals surface area contributed by atoms with Crippen LogP contribution in [0.15, 0.2) is 77.0 Å². The molecule has 30 heavy (non-hydrogen) atoms. The molecule has 3 rings (SSSR count). The minimum absolute atomic E-state index is 0.428. The highest BCUT2D eigenvalue weighted by Crippen LogP contribution is 2.21. The van der Waals surface area contributed by atoms with Crippen LogP contribution in [0.5, 0.6) is 0 Å². The number of likely N-dealkylation sites (N-methyl/N-ethyl adjacent to an activating group) is 1. The first kappa shape index (κ1) is 21.4. The maximum atomic E-state index is 8.17. The molecule has 3 heteroatoms. The summed E-state index contributed by atoms with van der Waals surface area (Å²) < 4.78 is 0. The van der Waals surface area contributed by atoms with E-state index in [9.17, 15) is 0 Å². The van der Waals surface area contributed by atoms with Gasteiger partial charge in [-0.05, 0) is 68.9 Å². The van der Waals surface area contributed by atoms with Crippen LogP contribution in [0.4, 0.5) is 5.69 Å². The lowest BCUT2D eigenvalue weighted by Crippen LogP contribution is -1.92. The molecule has 1 saturated heterocycles. The fourth-order valence-corrected chi connectivity index (χ4v) is 3.24. The number of benzene rings is 2. The fraction of sp³-hybridized carbons (Fsp3) is 0.222. The Morgan fingerprint density at radius 2 is 2.00 bits per heavy atom. The predicted molar refractivity (Wildman–Crippen MR) is 130 cm³/mol. The Kier molecular flexibility index (Phi) is 7.13. The van der Waals surface area contributed by atoms with Gasteiger partial charge in [-0.25, -0.2) is 0 Å². The maximum absolute atomic E-state index is 8.17. The number of nitrogens with one attached hydrogen (secondary N) is 1. The van der Waals surface area contributed by atoms with Crippen molar-refractivity contribution < 1.29 is 0 Å². The first-order chi connectivity index (χ1) is 14.4. The summed E-state index contributed by atoms with van der Waals surface area (Å²) in [4.78, 5) is 6.35. The van der Waals surface area contributed by atoms with Gasteiger partial charge in [0.15, 0.2) is 0 Å². The first-order valence-corrected chi connectivity index (χ1v) is 10.2. The highest BCUT2D eigenvalue weighted by atomic mass is 15.3. The van der Waals surface area contributed by atoms with Crippen molar-refractivity contribution in [2.75, 3.05) is 13.6 Å². The molecule has 0 aliphatic carbocycles. The zero-order valence-electron chi connectivity index (χ0n) is 18.0. The second kappa shape index (κ2) is 9.98. The predicted octanol–water partition coefficient (Wildman–Crippen LogP) is 6.03. The second-order valence-electron chi connectivity index (χ2n) is 7.91. The first-order valence-electron chi connectivity index (χ1n) is 10.2. The second-order valence-corrected chi connectivity index (χ2v) is 7.91. The Morgan fingerprint density at radius 1 is 1.27 bits per heavy atom. The maximum Gasteiger partial charge on any atom is 0.0703 e. The van der Waals surface area contributed by atoms with Gasteiger partial charge < -0.3 is 5.41 Å². The lowest BCUT2D eigenvalue weighted by Gasteiger charge is -2.03. The molecule has 1 aliphatic rings. The minimum atomic E-state index is 0.428. The smallest absolute Gasteiger partial charge is 0.0703 e. The molecular weight excluding hydrogens is 366 g/mol. The van der Waals surface area contributed by atoms with Crippen LogP contribution >= 0.6 is 0 Å². The van der Waals surface area contributed by atoms with Gasteiger partial charge >= 0.3 is 0 Å². The highest BCUT2D eigenvalue weighted by Gasteiger charge is 2.25. The molecule has 1 fully saturated rings. The molecule has 0 bridgehead atoms. The average molecular weight is 396 g/mol. The Labute approximate surface area is 180 Å². The van der Waals surface area contributed by atoms with Crippen molar-refractivity contribution in [3.05, 3.63) is 94.3 Å². The molecule has 0 aromatic heterocycles. The lowest BCUT2D eigenvalue weighted by atomic mass is 10.0. The number of hydrogen-bond acceptors (Lipinski definition) is 3. The van der Waals surface area contributed by atoms with Crippen LogP contribution in [0.3, 0.4) is 0 Å². The fourth-order valence-electron chi connectivity index (χ4n) is 3.24. The van der Waals surface area contributed by atoms with Gasteiger partial charge in [-0.15, -0.1) is 5.73 Å². The summed E-state index contributed by atoms with van der Waals surface area (Å²) in [5.41, 5.74) is 10.1. The summed E-state index contributed by atoms with van der Waals surface area (Å²) in [5, 5.41) is 8.17. The molecule has 2 unspecified atom stereocenters. The largest absolute Gasteiger partial charge is 0.300 e. The molecule has 2 aromatic rings. The third-order valence-corrected chi connectivity index (χ3v) is 5.12. The minimum Gasteiger partial charge on any atom is -0.300 e. The van der Waals surface area contributed by atoms with Gasteiger partial charge in [0.05, 0.1) is 11.4 Å². The number of nitrogens with zero attached hydrogens (tertiary/aromatic N) is 2. The van der Waals surface area contributed by atoms with Gasteiger partial charge in [-0.1, -0.05) is 54.1 Å². The number of hydrogen-bond donors (Lipinski definition) is 1. The normalized spacial score (nSPS) is 18.0. The molecule has 152 valence electrons. The molecule has 0 spiro atoms. The van der Waals surface area contributed by atoms with Crippen LogP contribution in [0, 0.1) is 12.3 Å². The highest BCUT2D eigenvalue weighted by molar-refractivity contribution is 6.02. The van der Waals surface area contributed by atoms with Crippen molar-refractivity contribution in [2.45, 2.75) is 26.3 Å². The Hall–Kier alpha value is -3.26. The van der Waals surface area contributed by atoms with Gasteiger partial charge in [0.2, 0.25) is 0 Å². The molecule has 0 radical (unpaired) electrons. The summed E-state index contributed by atoms with van der Waals surface area (Å²) in [6.45, 7) is 8.86. The molecular formula is C27H29N3. The van der Waals surface area contributed by atoms with Crippen LogP contribution in [0.2, 0.25) is 0 Å². The monoisotopic (exact) mass is 395 g/mol. The van der Waals surface area contributed by atoms with Gasteiger partial charge in [0.25, 0.3) is 0 Å². The van der Waals surface area contributed by atoms with Crippen molar-refractivity contribution in [1.29, 1.82) is 5.41 Å². The van der Waals surface area contributed by atoms with Gasteiger partial charge in [-0.2, -0.15) is 0 Å². The number of rotatable bonds is 8. The van der Waals surface area contributed by atoms with Gasteiger partial charge in [0, 0.05) is 24.2 Å². The molecule has 1 N–H and O–H groups in total. The van der Waals surface area contributed by atoms with Crippen molar-refractivity contribution in [1.82, 2.24) is 4.90 Å². The summed E-state index contributed by atoms with van der Waals surface area (Å²) in [6, 6.07) is 15.2. The van der Waals surface area contributed by atoms with E-state index in [0.717, 1.165) is 35.4 Å². The zero-order chi connectivity index (χ0) is 21.5. The van der Waals surface area contributed by atoms with E-state index < -0.39 is 0 Å². The Balaban J connectivity index is 1.58. The van der Waals surface area contributed by atoms with E-state index in [4.69, 9.17) is 5.41 Å². The lowest BCUT2D eigenvalue weighted by molar-refractivity contribution is 0.661. The standard InChI is InChI=1S/C27H29N3/c1-20-8-14-24(27(18-20)29-3)6-5-7-25(28)17-21(2)16-23-11-9-22(10-12-23)13-15-26-19-30(26)4/h6-15,17-18,26,28H,3,16,19H2,1-2,4H3/b15-13?,21-17+,28-25?. The van der Waals surface area contributed by atoms with E-state index in [0.29, 0.717) is 11.8 Å². The van der Waals surface area contributed by atoms with Crippen molar-refractivity contribution in [2.24, 2.45) is 4.99 Å². The van der Waals surface area contributed by atoms with Crippen LogP contribution in [-0.4, -0.2) is 37.0 Å². The van der Waals surface area contributed by atoms with E-state index in [-0.39, 0.29) is 0 Å². The molecule has 2 atom stereocenters. The van der Waals surface area contributed by atoms with Crippen molar-refractivity contribution in [3.63, 3.8) is 0 Å². The third-order valence-electron chi connectivity index (χ3n) is 5.12. The summed E-state index contributed by atoms with van der Waals surface area (Å²) >= 11 is 0. The molecule has 1 aliphatic heterocycles. The van der Waals surface area contributed by atoms with E-state index in [1.54, 1.807) is 6.08 Å². The van der Waals surface area contributed by atoms with E-state index >= 15 is 0 Å². The summed E-state index contributed by atoms with van der Waals surface area (Å²) in [7, 11) is 2.13. The zero-order valence-corrected chi connectivity index (χ0v) is 18.0. The van der Waals surface area contributed by atoms with Crippen LogP contribution < -0.4 is 0 Å². The van der Waals surface area contributed by atoms with E-state index in [1.165, 1.54) is 11.1 Å². The number of aryl methyl sites for hydroxylation is 1. The molecule has 0 saturated carbocycles. The number of allylic oxidation sites excluding steroid dienone is 3. The van der Waals surface area contributed by atoms with E-state index in [1.807, 2.05) is 37.3 Å². The third kappa shape index (κ3) is 6.38. The van der Waals surface area contributed by atoms with Crippen molar-refractivity contribution >= 4 is 30.3 Å². The van der Waals surface area contributed by atoms with Crippen LogP contribution in [-0.2, 0) is 6.42 Å². The van der Waals surface area contributed by atoms with Crippen molar-refractivity contribution in [3.8, 4) is 0 Å². The number of aliphatic imine (C=N–C) groups is 1. The molecule has 1 heterocycles. The SMILES string of the molecule is C=Nc1cc(C)ccc1C=C=CC(=N)/C=C(\C)Cc1ccc(C=CC2CN2C)cc1. The molecule has 2 aromatic carbocycles. The summed E-state index contributed by atoms with van der Waals surface area (Å²) in [6.07, 6.45) is 10.7. The average Bonchev–Trinajstić information content (AvgIpc) is 3.43. The molecule has 3 nitrogen and oxygen atoms in total. The van der Waals surface area contributed by atoms with Crippen LogP contribution in [0.1, 0.15) is 29.2 Å². The Bertz CT molecular complexity index is 1050. The van der Waals surface area contributed by atoms with E-state index in [2.05, 4.69) is 72.7 Å². The topological polar surface area (TPSA) is 39.2 Å². The quantitative estimate of drug-likeness (QED) is 0.331. The summed E-state index contributed by atoms with van der Waals surface area (Å²) in [5.74, 6) is 0. The molecule has 0 amide bonds.